The van der Waals surface area contributed by atoms with Crippen molar-refractivity contribution in [1.82, 2.24) is 0 Å². The van der Waals surface area contributed by atoms with Crippen molar-refractivity contribution < 1.29 is 0 Å². The Morgan fingerprint density at radius 3 is 2.02 bits per heavy atom. The highest BCUT2D eigenvalue weighted by Gasteiger charge is 2.20. The van der Waals surface area contributed by atoms with E-state index in [1.165, 1.54) is 21.9 Å². The molecule has 4 aromatic carbocycles. The number of hydrogen-bond donors (Lipinski definition) is 0. The SMILES string of the molecule is C1=CC=CC(N(C2=CC=CC(c3ccc(N(C4=CC5C=CC=CC(=C5)C=C4)c4ccccc4)cc3)C=C2)c2ccc3ccccc3c2)C=C1. The molecule has 2 bridgehead atoms. The predicted octanol–water partition coefficient (Wildman–Crippen LogP) is 11.8. The van der Waals surface area contributed by atoms with E-state index in [1.54, 1.807) is 0 Å². The standard InChI is InChI=1S/C47H38N2/c1-2-5-19-42(18-4-1)48(47-32-27-39-15-10-11-16-41(39)35-47)44-22-12-17-38(24-29-44)40-25-30-45(31-26-40)49(43-20-6-3-7-21-43)46-28-23-36-13-8-9-14-37(33-36)34-46/h1-35,37-38,42H. The molecule has 4 aliphatic rings. The van der Waals surface area contributed by atoms with Crippen LogP contribution in [0.4, 0.5) is 17.1 Å². The molecule has 0 radical (unpaired) electrons. The van der Waals surface area contributed by atoms with Crippen LogP contribution >= 0.6 is 0 Å². The first-order valence-corrected chi connectivity index (χ1v) is 17.1. The minimum Gasteiger partial charge on any atom is -0.331 e. The van der Waals surface area contributed by atoms with Crippen molar-refractivity contribution in [2.75, 3.05) is 9.80 Å². The van der Waals surface area contributed by atoms with Gasteiger partial charge in [0.25, 0.3) is 0 Å². The van der Waals surface area contributed by atoms with Crippen molar-refractivity contribution in [2.45, 2.75) is 12.0 Å². The summed E-state index contributed by atoms with van der Waals surface area (Å²) in [7, 11) is 0. The maximum Gasteiger partial charge on any atom is 0.0712 e. The quantitative estimate of drug-likeness (QED) is 0.200. The number of para-hydroxylation sites is 1. The molecule has 0 spiro atoms. The van der Waals surface area contributed by atoms with E-state index in [-0.39, 0.29) is 17.9 Å². The molecular formula is C47H38N2. The smallest absolute Gasteiger partial charge is 0.0712 e. The summed E-state index contributed by atoms with van der Waals surface area (Å²) in [5.41, 5.74) is 8.22. The zero-order chi connectivity index (χ0) is 32.8. The fraction of sp³-hybridized carbons (Fsp3) is 0.0638. The largest absolute Gasteiger partial charge is 0.331 e. The van der Waals surface area contributed by atoms with E-state index in [9.17, 15) is 0 Å². The molecule has 2 unspecified atom stereocenters. The van der Waals surface area contributed by atoms with Gasteiger partial charge in [-0.25, -0.2) is 0 Å². The molecule has 0 N–H and O–H groups in total. The van der Waals surface area contributed by atoms with Gasteiger partial charge in [0, 0.05) is 40.3 Å². The van der Waals surface area contributed by atoms with E-state index in [0.717, 1.165) is 28.5 Å². The summed E-state index contributed by atoms with van der Waals surface area (Å²) in [6.07, 6.45) is 42.1. The summed E-state index contributed by atoms with van der Waals surface area (Å²) in [6, 6.07) is 35.1. The number of hydrogen-bond acceptors (Lipinski definition) is 2. The van der Waals surface area contributed by atoms with Gasteiger partial charge in [0.15, 0.2) is 0 Å². The summed E-state index contributed by atoms with van der Waals surface area (Å²) >= 11 is 0. The van der Waals surface area contributed by atoms with Crippen molar-refractivity contribution in [3.63, 3.8) is 0 Å². The fourth-order valence-electron chi connectivity index (χ4n) is 6.88. The highest BCUT2D eigenvalue weighted by Crippen LogP contribution is 2.36. The maximum absolute atomic E-state index is 2.42. The van der Waals surface area contributed by atoms with Gasteiger partial charge >= 0.3 is 0 Å². The normalized spacial score (nSPS) is 19.5. The lowest BCUT2D eigenvalue weighted by Crippen LogP contribution is -2.31. The highest BCUT2D eigenvalue weighted by molar-refractivity contribution is 5.86. The maximum atomic E-state index is 2.42. The first-order valence-electron chi connectivity index (χ1n) is 17.1. The van der Waals surface area contributed by atoms with E-state index in [0.29, 0.717) is 0 Å². The van der Waals surface area contributed by atoms with Gasteiger partial charge in [0.05, 0.1) is 6.04 Å². The van der Waals surface area contributed by atoms with Gasteiger partial charge in [0.1, 0.15) is 0 Å². The summed E-state index contributed by atoms with van der Waals surface area (Å²) in [6.45, 7) is 0. The van der Waals surface area contributed by atoms with Gasteiger partial charge in [-0.15, -0.1) is 0 Å². The summed E-state index contributed by atoms with van der Waals surface area (Å²) in [5.74, 6) is 0.383. The highest BCUT2D eigenvalue weighted by atomic mass is 15.2. The van der Waals surface area contributed by atoms with Crippen LogP contribution in [0.5, 0.6) is 0 Å². The molecule has 0 aromatic heterocycles. The van der Waals surface area contributed by atoms with Crippen molar-refractivity contribution in [2.24, 2.45) is 5.92 Å². The van der Waals surface area contributed by atoms with Crippen molar-refractivity contribution >= 4 is 27.8 Å². The van der Waals surface area contributed by atoms with Crippen LogP contribution in [0.1, 0.15) is 11.5 Å². The van der Waals surface area contributed by atoms with Gasteiger partial charge in [-0.05, 0) is 82.6 Å². The molecule has 0 amide bonds. The van der Waals surface area contributed by atoms with Gasteiger partial charge in [-0.3, -0.25) is 0 Å². The van der Waals surface area contributed by atoms with Crippen LogP contribution in [0.15, 0.2) is 229 Å². The summed E-state index contributed by atoms with van der Waals surface area (Å²) in [4.78, 5) is 4.77. The Morgan fingerprint density at radius 1 is 0.449 bits per heavy atom. The van der Waals surface area contributed by atoms with E-state index in [4.69, 9.17) is 0 Å². The Morgan fingerprint density at radius 2 is 1.18 bits per heavy atom. The van der Waals surface area contributed by atoms with E-state index in [2.05, 4.69) is 222 Å². The first-order chi connectivity index (χ1) is 24.3. The number of nitrogens with zero attached hydrogens (tertiary/aromatic N) is 2. The fourth-order valence-corrected chi connectivity index (χ4v) is 6.88. The lowest BCUT2D eigenvalue weighted by molar-refractivity contribution is 0.905. The monoisotopic (exact) mass is 630 g/mol. The number of rotatable bonds is 7. The Kier molecular flexibility index (Phi) is 8.59. The van der Waals surface area contributed by atoms with Crippen LogP contribution in [0, 0.1) is 5.92 Å². The molecule has 4 aliphatic carbocycles. The van der Waals surface area contributed by atoms with Crippen molar-refractivity contribution in [3.8, 4) is 0 Å². The molecule has 0 fully saturated rings. The molecule has 49 heavy (non-hydrogen) atoms. The third-order valence-corrected chi connectivity index (χ3v) is 9.33. The number of benzene rings is 4. The summed E-state index contributed by atoms with van der Waals surface area (Å²) < 4.78 is 0. The molecule has 2 heteroatoms. The third-order valence-electron chi connectivity index (χ3n) is 9.33. The second-order valence-electron chi connectivity index (χ2n) is 12.6. The second-order valence-corrected chi connectivity index (χ2v) is 12.6. The van der Waals surface area contributed by atoms with E-state index in [1.807, 2.05) is 0 Å². The van der Waals surface area contributed by atoms with Crippen LogP contribution in [0.3, 0.4) is 0 Å². The average molecular weight is 631 g/mol. The van der Waals surface area contributed by atoms with Crippen LogP contribution in [0.2, 0.25) is 0 Å². The molecule has 4 aromatic rings. The van der Waals surface area contributed by atoms with Crippen LogP contribution in [-0.4, -0.2) is 6.04 Å². The molecule has 0 saturated carbocycles. The topological polar surface area (TPSA) is 6.48 Å². The van der Waals surface area contributed by atoms with Gasteiger partial charge < -0.3 is 9.80 Å². The van der Waals surface area contributed by atoms with Crippen molar-refractivity contribution in [3.05, 3.63) is 235 Å². The molecular weight excluding hydrogens is 593 g/mol. The van der Waals surface area contributed by atoms with E-state index >= 15 is 0 Å². The first kappa shape index (κ1) is 30.2. The Hall–Kier alpha value is -6.12. The van der Waals surface area contributed by atoms with Crippen LogP contribution in [-0.2, 0) is 0 Å². The second kappa shape index (κ2) is 13.9. The number of anilines is 3. The van der Waals surface area contributed by atoms with Gasteiger partial charge in [-0.2, -0.15) is 0 Å². The predicted molar refractivity (Wildman–Crippen MR) is 209 cm³/mol. The molecule has 2 nitrogen and oxygen atoms in total. The lowest BCUT2D eigenvalue weighted by Gasteiger charge is -2.31. The van der Waals surface area contributed by atoms with E-state index < -0.39 is 0 Å². The summed E-state index contributed by atoms with van der Waals surface area (Å²) in [5, 5.41) is 2.48. The zero-order valence-electron chi connectivity index (χ0n) is 27.3. The van der Waals surface area contributed by atoms with Gasteiger partial charge in [0.2, 0.25) is 0 Å². The molecule has 0 aliphatic heterocycles. The number of fused-ring (bicyclic) bond motifs is 2. The number of allylic oxidation sites excluding steroid dienone is 18. The zero-order valence-corrected chi connectivity index (χ0v) is 27.3. The molecule has 8 rings (SSSR count). The van der Waals surface area contributed by atoms with Crippen LogP contribution < -0.4 is 9.80 Å². The Labute approximate surface area is 289 Å². The molecule has 0 saturated heterocycles. The Bertz CT molecular complexity index is 2160. The van der Waals surface area contributed by atoms with Crippen molar-refractivity contribution in [1.29, 1.82) is 0 Å². The Balaban J connectivity index is 1.09. The molecule has 236 valence electrons. The molecule has 2 atom stereocenters. The minimum atomic E-state index is 0.0824. The third kappa shape index (κ3) is 6.68. The molecule has 0 heterocycles. The minimum absolute atomic E-state index is 0.0824. The lowest BCUT2D eigenvalue weighted by atomic mass is 9.97. The average Bonchev–Trinajstić information content (AvgIpc) is 3.72. The van der Waals surface area contributed by atoms with Gasteiger partial charge in [-0.1, -0.05) is 152 Å². The van der Waals surface area contributed by atoms with Crippen LogP contribution in [0.25, 0.3) is 10.8 Å².